The third-order valence-electron chi connectivity index (χ3n) is 2.19. The molecule has 0 bridgehead atoms. The predicted octanol–water partition coefficient (Wildman–Crippen LogP) is 2.93. The first-order valence-corrected chi connectivity index (χ1v) is 6.07. The summed E-state index contributed by atoms with van der Waals surface area (Å²) in [5.41, 5.74) is 0. The van der Waals surface area contributed by atoms with Crippen LogP contribution < -0.4 is 10.6 Å². The van der Waals surface area contributed by atoms with E-state index in [1.54, 1.807) is 24.3 Å². The summed E-state index contributed by atoms with van der Waals surface area (Å²) >= 11 is 1.61. The lowest BCUT2D eigenvalue weighted by molar-refractivity contribution is 0.249. The Balaban J connectivity index is 1.89. The molecule has 0 radical (unpaired) electrons. The van der Waals surface area contributed by atoms with Crippen molar-refractivity contribution in [2.75, 3.05) is 5.32 Å². The smallest absolute Gasteiger partial charge is 0.320 e. The van der Waals surface area contributed by atoms with Crippen LogP contribution in [-0.2, 0) is 0 Å². The van der Waals surface area contributed by atoms with Crippen LogP contribution in [0.5, 0.6) is 0 Å². The number of nitrogens with zero attached hydrogens (tertiary/aromatic N) is 1. The van der Waals surface area contributed by atoms with Crippen molar-refractivity contribution in [3.63, 3.8) is 0 Å². The summed E-state index contributed by atoms with van der Waals surface area (Å²) in [6.45, 7) is 3.70. The molecule has 2 amide bonds. The molecule has 5 nitrogen and oxygen atoms in total. The van der Waals surface area contributed by atoms with Crippen molar-refractivity contribution >= 4 is 23.2 Å². The lowest BCUT2D eigenvalue weighted by atomic mass is 10.3. The molecule has 90 valence electrons. The van der Waals surface area contributed by atoms with Gasteiger partial charge in [0.15, 0.2) is 5.82 Å². The van der Waals surface area contributed by atoms with Gasteiger partial charge in [0, 0.05) is 10.9 Å². The highest BCUT2D eigenvalue weighted by Gasteiger charge is 2.11. The van der Waals surface area contributed by atoms with Crippen molar-refractivity contribution in [3.8, 4) is 0 Å². The van der Waals surface area contributed by atoms with E-state index in [-0.39, 0.29) is 12.1 Å². The Labute approximate surface area is 103 Å². The number of carbonyl (C=O) groups excluding carboxylic acids is 1. The number of thiophene rings is 1. The lowest BCUT2D eigenvalue weighted by Crippen LogP contribution is -2.30. The number of aromatic nitrogens is 1. The molecule has 0 aromatic carbocycles. The first kappa shape index (κ1) is 11.7. The Hall–Kier alpha value is -1.82. The molecule has 1 atom stereocenters. The van der Waals surface area contributed by atoms with Crippen molar-refractivity contribution in [1.29, 1.82) is 0 Å². The first-order chi connectivity index (χ1) is 8.15. The molecule has 0 saturated heterocycles. The summed E-state index contributed by atoms with van der Waals surface area (Å²) in [5.74, 6) is 1.07. The van der Waals surface area contributed by atoms with Gasteiger partial charge < -0.3 is 9.84 Å². The second kappa shape index (κ2) is 5.01. The van der Waals surface area contributed by atoms with E-state index in [4.69, 9.17) is 4.52 Å². The molecule has 0 spiro atoms. The lowest BCUT2D eigenvalue weighted by Gasteiger charge is -2.11. The average Bonchev–Trinajstić information content (AvgIpc) is 2.89. The monoisotopic (exact) mass is 251 g/mol. The predicted molar refractivity (Wildman–Crippen MR) is 66.1 cm³/mol. The van der Waals surface area contributed by atoms with Gasteiger partial charge in [0.2, 0.25) is 0 Å². The van der Waals surface area contributed by atoms with E-state index < -0.39 is 0 Å². The zero-order valence-corrected chi connectivity index (χ0v) is 10.4. The molecule has 0 fully saturated rings. The van der Waals surface area contributed by atoms with E-state index in [0.29, 0.717) is 11.6 Å². The van der Waals surface area contributed by atoms with Gasteiger partial charge in [-0.05, 0) is 25.3 Å². The number of urea groups is 1. The number of rotatable bonds is 3. The summed E-state index contributed by atoms with van der Waals surface area (Å²) in [4.78, 5) is 12.7. The van der Waals surface area contributed by atoms with Crippen LogP contribution in [0.1, 0.15) is 23.6 Å². The number of aryl methyl sites for hydroxylation is 1. The maximum atomic E-state index is 11.6. The average molecular weight is 251 g/mol. The van der Waals surface area contributed by atoms with Gasteiger partial charge in [-0.2, -0.15) is 0 Å². The Morgan fingerprint density at radius 3 is 3.00 bits per heavy atom. The van der Waals surface area contributed by atoms with Crippen LogP contribution in [0.25, 0.3) is 0 Å². The fourth-order valence-corrected chi connectivity index (χ4v) is 2.12. The summed E-state index contributed by atoms with van der Waals surface area (Å²) in [6, 6.07) is 5.28. The van der Waals surface area contributed by atoms with Crippen molar-refractivity contribution in [2.45, 2.75) is 19.9 Å². The maximum Gasteiger partial charge on any atom is 0.320 e. The van der Waals surface area contributed by atoms with Crippen molar-refractivity contribution in [2.24, 2.45) is 0 Å². The number of amides is 2. The van der Waals surface area contributed by atoms with Crippen LogP contribution >= 0.6 is 11.3 Å². The van der Waals surface area contributed by atoms with Crippen molar-refractivity contribution < 1.29 is 9.32 Å². The number of carbonyl (C=O) groups is 1. The van der Waals surface area contributed by atoms with Crippen LogP contribution in [0, 0.1) is 6.92 Å². The highest BCUT2D eigenvalue weighted by molar-refractivity contribution is 7.10. The van der Waals surface area contributed by atoms with Gasteiger partial charge in [-0.15, -0.1) is 11.3 Å². The minimum Gasteiger partial charge on any atom is -0.360 e. The zero-order valence-electron chi connectivity index (χ0n) is 9.56. The molecule has 2 heterocycles. The first-order valence-electron chi connectivity index (χ1n) is 5.19. The molecule has 2 rings (SSSR count). The van der Waals surface area contributed by atoms with Crippen LogP contribution in [0.3, 0.4) is 0 Å². The fraction of sp³-hybridized carbons (Fsp3) is 0.273. The van der Waals surface area contributed by atoms with Gasteiger partial charge in [0.1, 0.15) is 5.76 Å². The standard InChI is InChI=1S/C11H13N3O2S/c1-7-6-10(14-16-7)13-11(15)12-8(2)9-4-3-5-17-9/h3-6,8H,1-2H3,(H2,12,13,14,15). The second-order valence-electron chi connectivity index (χ2n) is 3.66. The largest absolute Gasteiger partial charge is 0.360 e. The van der Waals surface area contributed by atoms with E-state index in [1.165, 1.54) is 0 Å². The molecule has 0 aliphatic rings. The van der Waals surface area contributed by atoms with Gasteiger partial charge in [-0.1, -0.05) is 11.2 Å². The molecular weight excluding hydrogens is 238 g/mol. The van der Waals surface area contributed by atoms with E-state index in [9.17, 15) is 4.79 Å². The van der Waals surface area contributed by atoms with Gasteiger partial charge >= 0.3 is 6.03 Å². The topological polar surface area (TPSA) is 67.2 Å². The molecule has 0 saturated carbocycles. The van der Waals surface area contributed by atoms with Gasteiger partial charge in [0.25, 0.3) is 0 Å². The highest BCUT2D eigenvalue weighted by atomic mass is 32.1. The second-order valence-corrected chi connectivity index (χ2v) is 4.64. The third-order valence-corrected chi connectivity index (χ3v) is 3.24. The Kier molecular flexibility index (Phi) is 3.43. The fourth-order valence-electron chi connectivity index (χ4n) is 1.38. The van der Waals surface area contributed by atoms with Gasteiger partial charge in [-0.25, -0.2) is 4.79 Å². The van der Waals surface area contributed by atoms with E-state index in [2.05, 4.69) is 15.8 Å². The number of hydrogen-bond donors (Lipinski definition) is 2. The Bertz CT molecular complexity index is 493. The van der Waals surface area contributed by atoms with Crippen molar-refractivity contribution in [1.82, 2.24) is 10.5 Å². The molecule has 6 heteroatoms. The van der Waals surface area contributed by atoms with Gasteiger partial charge in [0.05, 0.1) is 6.04 Å². The van der Waals surface area contributed by atoms with Gasteiger partial charge in [-0.3, -0.25) is 5.32 Å². The van der Waals surface area contributed by atoms with Crippen LogP contribution in [-0.4, -0.2) is 11.2 Å². The molecule has 17 heavy (non-hydrogen) atoms. The molecular formula is C11H13N3O2S. The summed E-state index contributed by atoms with van der Waals surface area (Å²) < 4.78 is 4.85. The molecule has 2 aromatic heterocycles. The van der Waals surface area contributed by atoms with Crippen molar-refractivity contribution in [3.05, 3.63) is 34.2 Å². The number of nitrogens with one attached hydrogen (secondary N) is 2. The normalized spacial score (nSPS) is 12.1. The highest BCUT2D eigenvalue weighted by Crippen LogP contribution is 2.18. The van der Waals surface area contributed by atoms with Crippen LogP contribution in [0.4, 0.5) is 10.6 Å². The molecule has 1 unspecified atom stereocenters. The third kappa shape index (κ3) is 3.07. The minimum absolute atomic E-state index is 0.0250. The summed E-state index contributed by atoms with van der Waals surface area (Å²) in [7, 11) is 0. The number of anilines is 1. The molecule has 0 aliphatic heterocycles. The quantitative estimate of drug-likeness (QED) is 0.881. The Morgan fingerprint density at radius 2 is 2.41 bits per heavy atom. The van der Waals surface area contributed by atoms with E-state index >= 15 is 0 Å². The molecule has 2 aromatic rings. The SMILES string of the molecule is Cc1cc(NC(=O)NC(C)c2cccs2)no1. The van der Waals surface area contributed by atoms with E-state index in [0.717, 1.165) is 4.88 Å². The molecule has 0 aliphatic carbocycles. The minimum atomic E-state index is -0.292. The summed E-state index contributed by atoms with van der Waals surface area (Å²) in [5, 5.41) is 11.1. The molecule has 2 N–H and O–H groups in total. The van der Waals surface area contributed by atoms with E-state index in [1.807, 2.05) is 24.4 Å². The van der Waals surface area contributed by atoms with Crippen LogP contribution in [0.2, 0.25) is 0 Å². The van der Waals surface area contributed by atoms with Crippen LogP contribution in [0.15, 0.2) is 28.1 Å². The summed E-state index contributed by atoms with van der Waals surface area (Å²) in [6.07, 6.45) is 0. The maximum absolute atomic E-state index is 11.6. The number of hydrogen-bond acceptors (Lipinski definition) is 4. The Morgan fingerprint density at radius 1 is 1.59 bits per heavy atom. The zero-order chi connectivity index (χ0) is 12.3.